The quantitative estimate of drug-likeness (QED) is 0.113. The summed E-state index contributed by atoms with van der Waals surface area (Å²) in [6.07, 6.45) is 11.7. The summed E-state index contributed by atoms with van der Waals surface area (Å²) in [6, 6.07) is 46.7. The van der Waals surface area contributed by atoms with Crippen LogP contribution in [0.5, 0.6) is 0 Å². The van der Waals surface area contributed by atoms with Crippen LogP contribution < -0.4 is 10.6 Å². The van der Waals surface area contributed by atoms with Gasteiger partial charge >= 0.3 is 0 Å². The molecule has 0 amide bonds. The van der Waals surface area contributed by atoms with Crippen LogP contribution in [-0.4, -0.2) is 6.16 Å². The van der Waals surface area contributed by atoms with Crippen LogP contribution in [0.15, 0.2) is 121 Å². The van der Waals surface area contributed by atoms with Gasteiger partial charge in [-0.25, -0.2) is 0 Å². The van der Waals surface area contributed by atoms with Gasteiger partial charge in [0.2, 0.25) is 0 Å². The Labute approximate surface area is 318 Å². The lowest BCUT2D eigenvalue weighted by Gasteiger charge is -2.62. The van der Waals surface area contributed by atoms with Gasteiger partial charge in [-0.05, 0) is 169 Å². The van der Waals surface area contributed by atoms with Crippen molar-refractivity contribution in [3.8, 4) is 0 Å². The van der Waals surface area contributed by atoms with Crippen molar-refractivity contribution in [3.63, 3.8) is 0 Å². The molecule has 5 aromatic rings. The van der Waals surface area contributed by atoms with Gasteiger partial charge in [0.1, 0.15) is 0 Å². The van der Waals surface area contributed by atoms with Gasteiger partial charge in [-0.2, -0.15) is 0 Å². The van der Waals surface area contributed by atoms with Crippen LogP contribution in [-0.2, 0) is 24.4 Å². The Morgan fingerprint density at radius 1 is 0.635 bits per heavy atom. The van der Waals surface area contributed by atoms with Crippen LogP contribution in [0.4, 0.5) is 0 Å². The van der Waals surface area contributed by atoms with Gasteiger partial charge in [0.15, 0.2) is 0 Å². The summed E-state index contributed by atoms with van der Waals surface area (Å²) in [4.78, 5) is 0. The Morgan fingerprint density at radius 2 is 1.12 bits per heavy atom. The zero-order chi connectivity index (χ0) is 35.8. The van der Waals surface area contributed by atoms with Crippen molar-refractivity contribution in [2.24, 2.45) is 23.7 Å². The third-order valence-electron chi connectivity index (χ3n) is 13.6. The summed E-state index contributed by atoms with van der Waals surface area (Å²) in [5.41, 5.74) is 12.6. The molecule has 0 saturated heterocycles. The van der Waals surface area contributed by atoms with Gasteiger partial charge in [0.25, 0.3) is 0 Å². The molecule has 0 aromatic heterocycles. The van der Waals surface area contributed by atoms with E-state index in [0.29, 0.717) is 11.8 Å². The molecule has 0 N–H and O–H groups in total. The molecule has 0 nitrogen and oxygen atoms in total. The first kappa shape index (κ1) is 36.0. The highest BCUT2D eigenvalue weighted by Crippen LogP contribution is 2.65. The van der Waals surface area contributed by atoms with E-state index < -0.39 is 7.92 Å². The Balaban J connectivity index is 1.34. The van der Waals surface area contributed by atoms with Crippen LogP contribution in [0.2, 0.25) is 0 Å². The summed E-state index contributed by atoms with van der Waals surface area (Å²) < 4.78 is 0. The second-order valence-electron chi connectivity index (χ2n) is 17.1. The van der Waals surface area contributed by atoms with E-state index >= 15 is 0 Å². The normalized spacial score (nSPS) is 24.7. The smallest absolute Gasteiger partial charge is 0.00107 e. The molecular weight excluding hydrogens is 662 g/mol. The van der Waals surface area contributed by atoms with E-state index in [9.17, 15) is 0 Å². The van der Waals surface area contributed by atoms with E-state index in [1.165, 1.54) is 60.5 Å². The van der Waals surface area contributed by atoms with E-state index in [-0.39, 0.29) is 5.41 Å². The highest BCUT2D eigenvalue weighted by molar-refractivity contribution is 7.72. The predicted octanol–water partition coefficient (Wildman–Crippen LogP) is 12.2. The van der Waals surface area contributed by atoms with Crippen LogP contribution >= 0.6 is 17.2 Å². The van der Waals surface area contributed by atoms with Crippen LogP contribution in [0, 0.1) is 37.5 Å². The standard InChI is InChI=1S/C50H58P2/c1-34-15-11-13-21-48(34)52(49-22-14-12-16-35(49)2)33-43-28-44(36(3)23-38-17-7-5-8-18-38)45(37(4)24-39-19-9-6-10-20-39)29-46(43)50-30-40-25-41(31-50)27-42(26-40)47(50)32-51/h5-22,28-29,36-37,40-42,47H,23-27,30-33,51H2,1-4H3. The van der Waals surface area contributed by atoms with Gasteiger partial charge in [-0.15, -0.1) is 9.24 Å². The SMILES string of the molecule is Cc1ccccc1P(Cc1cc(C(C)Cc2ccccc2)c(C(C)Cc2ccccc2)cc1C12CC3CC(CC(C3)C1CP)C2)c1ccccc1C. The molecule has 4 aliphatic carbocycles. The molecule has 6 atom stereocenters. The second-order valence-corrected chi connectivity index (χ2v) is 19.7. The van der Waals surface area contributed by atoms with Crippen molar-refractivity contribution in [1.29, 1.82) is 0 Å². The molecule has 268 valence electrons. The maximum atomic E-state index is 3.26. The van der Waals surface area contributed by atoms with Crippen molar-refractivity contribution in [2.75, 3.05) is 6.16 Å². The number of hydrogen-bond acceptors (Lipinski definition) is 0. The predicted molar refractivity (Wildman–Crippen MR) is 229 cm³/mol. The second kappa shape index (κ2) is 15.4. The molecule has 2 heteroatoms. The highest BCUT2D eigenvalue weighted by atomic mass is 31.1. The van der Waals surface area contributed by atoms with Crippen LogP contribution in [0.25, 0.3) is 0 Å². The molecule has 0 radical (unpaired) electrons. The fraction of sp³-hybridized carbons (Fsp3) is 0.400. The summed E-state index contributed by atoms with van der Waals surface area (Å²) in [5.74, 6) is 4.31. The third kappa shape index (κ3) is 7.01. The first-order chi connectivity index (χ1) is 25.3. The fourth-order valence-corrected chi connectivity index (χ4v) is 15.0. The van der Waals surface area contributed by atoms with Crippen LogP contribution in [0.3, 0.4) is 0 Å². The zero-order valence-electron chi connectivity index (χ0n) is 31.9. The Kier molecular flexibility index (Phi) is 10.6. The van der Waals surface area contributed by atoms with E-state index in [1.54, 1.807) is 32.9 Å². The lowest BCUT2D eigenvalue weighted by atomic mass is 9.43. The van der Waals surface area contributed by atoms with Gasteiger partial charge < -0.3 is 0 Å². The number of hydrogen-bond donors (Lipinski definition) is 0. The van der Waals surface area contributed by atoms with Crippen molar-refractivity contribution < 1.29 is 0 Å². The number of rotatable bonds is 12. The van der Waals surface area contributed by atoms with Gasteiger partial charge in [0, 0.05) is 6.16 Å². The molecular formula is C50H58P2. The lowest BCUT2D eigenvalue weighted by molar-refractivity contribution is -0.0520. The van der Waals surface area contributed by atoms with Crippen molar-refractivity contribution in [3.05, 3.63) is 166 Å². The molecule has 4 saturated carbocycles. The number of benzene rings is 5. The first-order valence-electron chi connectivity index (χ1n) is 20.2. The van der Waals surface area contributed by atoms with E-state index in [1.807, 2.05) is 0 Å². The summed E-state index contributed by atoms with van der Waals surface area (Å²) in [6.45, 7) is 9.71. The molecule has 0 heterocycles. The molecule has 0 spiro atoms. The monoisotopic (exact) mass is 720 g/mol. The molecule has 4 fully saturated rings. The highest BCUT2D eigenvalue weighted by Gasteiger charge is 2.57. The fourth-order valence-electron chi connectivity index (χ4n) is 11.5. The molecule has 4 aliphatic rings. The summed E-state index contributed by atoms with van der Waals surface area (Å²) >= 11 is 0. The van der Waals surface area contributed by atoms with Gasteiger partial charge in [-0.3, -0.25) is 0 Å². The average molecular weight is 721 g/mol. The molecule has 9 rings (SSSR count). The molecule has 5 aromatic carbocycles. The van der Waals surface area contributed by atoms with E-state index in [4.69, 9.17) is 0 Å². The maximum Gasteiger partial charge on any atom is 0.00107 e. The van der Waals surface area contributed by atoms with Crippen molar-refractivity contribution in [2.45, 2.75) is 96.1 Å². The molecule has 6 unspecified atom stereocenters. The molecule has 52 heavy (non-hydrogen) atoms. The lowest BCUT2D eigenvalue weighted by Crippen LogP contribution is -2.56. The zero-order valence-corrected chi connectivity index (χ0v) is 33.9. The minimum Gasteiger partial charge on any atom is -0.137 e. The third-order valence-corrected chi connectivity index (χ3v) is 16.9. The summed E-state index contributed by atoms with van der Waals surface area (Å²) in [5, 5.41) is 3.09. The number of aryl methyl sites for hydroxylation is 2. The minimum atomic E-state index is -0.595. The largest absolute Gasteiger partial charge is 0.137 e. The van der Waals surface area contributed by atoms with Crippen LogP contribution in [0.1, 0.15) is 102 Å². The van der Waals surface area contributed by atoms with Crippen molar-refractivity contribution in [1.82, 2.24) is 0 Å². The Hall–Kier alpha value is -3.04. The molecule has 4 bridgehead atoms. The maximum absolute atomic E-state index is 3.26. The average Bonchev–Trinajstić information content (AvgIpc) is 3.15. The van der Waals surface area contributed by atoms with E-state index in [2.05, 4.69) is 158 Å². The molecule has 0 aliphatic heterocycles. The first-order valence-corrected chi connectivity index (χ1v) is 22.5. The Bertz CT molecular complexity index is 1920. The summed E-state index contributed by atoms with van der Waals surface area (Å²) in [7, 11) is 2.66. The van der Waals surface area contributed by atoms with Gasteiger partial charge in [0.05, 0.1) is 0 Å². The Morgan fingerprint density at radius 3 is 1.62 bits per heavy atom. The topological polar surface area (TPSA) is 0 Å². The van der Waals surface area contributed by atoms with Gasteiger partial charge in [-0.1, -0.05) is 135 Å². The minimum absolute atomic E-state index is 0.284. The van der Waals surface area contributed by atoms with Crippen molar-refractivity contribution >= 4 is 27.8 Å². The van der Waals surface area contributed by atoms with E-state index in [0.717, 1.165) is 42.7 Å².